The maximum Gasteiger partial charge on any atom is 0.543 e. The zero-order valence-electron chi connectivity index (χ0n) is 15.3. The van der Waals surface area contributed by atoms with Crippen molar-refractivity contribution in [3.8, 4) is 5.75 Å². The van der Waals surface area contributed by atoms with Crippen LogP contribution in [0.25, 0.3) is 0 Å². The standard InChI is InChI=1S/C19H26O7/c1-3-4-5-14-6-10-17(11-7-14)23-19(21)25-26-24-18(20)15-8-12-16(22-2)13-9-15/h8-9,12-14,17H,3-7,10-11H2,1-2H3. The molecule has 0 aromatic heterocycles. The predicted molar refractivity (Wildman–Crippen MR) is 92.3 cm³/mol. The number of carbonyl (C=O) groups is 2. The van der Waals surface area contributed by atoms with Gasteiger partial charge < -0.3 is 9.47 Å². The molecule has 1 aliphatic carbocycles. The van der Waals surface area contributed by atoms with Gasteiger partial charge in [0.2, 0.25) is 0 Å². The van der Waals surface area contributed by atoms with E-state index in [1.54, 1.807) is 12.1 Å². The largest absolute Gasteiger partial charge is 0.543 e. The van der Waals surface area contributed by atoms with E-state index in [9.17, 15) is 9.59 Å². The molecule has 2 rings (SSSR count). The summed E-state index contributed by atoms with van der Waals surface area (Å²) in [6.07, 6.45) is 6.21. The smallest absolute Gasteiger partial charge is 0.497 e. The Morgan fingerprint density at radius 3 is 2.35 bits per heavy atom. The van der Waals surface area contributed by atoms with E-state index in [0.717, 1.165) is 25.7 Å². The molecule has 7 heteroatoms. The lowest BCUT2D eigenvalue weighted by Crippen LogP contribution is -2.25. The Hall–Kier alpha value is -2.28. The molecule has 0 heterocycles. The highest BCUT2D eigenvalue weighted by Crippen LogP contribution is 2.29. The van der Waals surface area contributed by atoms with Gasteiger partial charge in [0, 0.05) is 0 Å². The van der Waals surface area contributed by atoms with Crippen LogP contribution in [0, 0.1) is 5.92 Å². The van der Waals surface area contributed by atoms with Crippen LogP contribution in [0.4, 0.5) is 4.79 Å². The minimum atomic E-state index is -1.01. The predicted octanol–water partition coefficient (Wildman–Crippen LogP) is 4.60. The topological polar surface area (TPSA) is 80.3 Å². The number of hydrogen-bond donors (Lipinski definition) is 0. The fourth-order valence-electron chi connectivity index (χ4n) is 3.04. The first-order valence-corrected chi connectivity index (χ1v) is 9.02. The van der Waals surface area contributed by atoms with Gasteiger partial charge in [0.15, 0.2) is 0 Å². The van der Waals surface area contributed by atoms with Gasteiger partial charge in [-0.05, 0) is 55.9 Å². The van der Waals surface area contributed by atoms with Crippen LogP contribution in [0.1, 0.15) is 62.2 Å². The quantitative estimate of drug-likeness (QED) is 0.378. The van der Waals surface area contributed by atoms with E-state index in [-0.39, 0.29) is 11.7 Å². The summed E-state index contributed by atoms with van der Waals surface area (Å²) >= 11 is 0. The van der Waals surface area contributed by atoms with E-state index in [1.807, 2.05) is 0 Å². The van der Waals surface area contributed by atoms with Crippen LogP contribution in [0.5, 0.6) is 5.75 Å². The molecule has 0 spiro atoms. The minimum absolute atomic E-state index is 0.179. The number of carbonyl (C=O) groups excluding carboxylic acids is 2. The van der Waals surface area contributed by atoms with Crippen LogP contribution < -0.4 is 4.74 Å². The van der Waals surface area contributed by atoms with Crippen LogP contribution >= 0.6 is 0 Å². The molecule has 0 unspecified atom stereocenters. The Bertz CT molecular complexity index is 562. The molecule has 0 atom stereocenters. The summed E-state index contributed by atoms with van der Waals surface area (Å²) in [6, 6.07) is 6.20. The fraction of sp³-hybridized carbons (Fsp3) is 0.579. The Morgan fingerprint density at radius 1 is 1.04 bits per heavy atom. The number of unbranched alkanes of at least 4 members (excludes halogenated alkanes) is 1. The average Bonchev–Trinajstić information content (AvgIpc) is 2.67. The van der Waals surface area contributed by atoms with Crippen molar-refractivity contribution in [2.75, 3.05) is 7.11 Å². The molecule has 0 N–H and O–H groups in total. The van der Waals surface area contributed by atoms with Gasteiger partial charge in [-0.25, -0.2) is 14.5 Å². The lowest BCUT2D eigenvalue weighted by Gasteiger charge is -2.27. The lowest BCUT2D eigenvalue weighted by atomic mass is 9.84. The van der Waals surface area contributed by atoms with Crippen molar-refractivity contribution < 1.29 is 33.9 Å². The summed E-state index contributed by atoms with van der Waals surface area (Å²) in [5.41, 5.74) is 0.230. The molecule has 0 amide bonds. The number of benzene rings is 1. The summed E-state index contributed by atoms with van der Waals surface area (Å²) < 4.78 is 10.2. The van der Waals surface area contributed by atoms with Crippen LogP contribution in [-0.4, -0.2) is 25.3 Å². The normalized spacial score (nSPS) is 19.5. The first-order chi connectivity index (χ1) is 12.6. The highest BCUT2D eigenvalue weighted by Gasteiger charge is 2.24. The van der Waals surface area contributed by atoms with Crippen molar-refractivity contribution in [2.24, 2.45) is 5.92 Å². The second-order valence-electron chi connectivity index (χ2n) is 6.40. The molecule has 0 bridgehead atoms. The zero-order valence-corrected chi connectivity index (χ0v) is 15.3. The fourth-order valence-corrected chi connectivity index (χ4v) is 3.04. The van der Waals surface area contributed by atoms with Crippen molar-refractivity contribution in [3.05, 3.63) is 29.8 Å². The Balaban J connectivity index is 1.62. The first kappa shape index (κ1) is 20.0. The zero-order chi connectivity index (χ0) is 18.8. The Labute approximate surface area is 153 Å². The summed E-state index contributed by atoms with van der Waals surface area (Å²) in [4.78, 5) is 32.1. The minimum Gasteiger partial charge on any atom is -0.497 e. The molecular formula is C19H26O7. The van der Waals surface area contributed by atoms with Crippen LogP contribution in [0.3, 0.4) is 0 Å². The summed E-state index contributed by atoms with van der Waals surface area (Å²) in [7, 11) is 1.52. The number of methoxy groups -OCH3 is 1. The number of hydrogen-bond acceptors (Lipinski definition) is 7. The number of ether oxygens (including phenoxy) is 2. The first-order valence-electron chi connectivity index (χ1n) is 9.02. The van der Waals surface area contributed by atoms with Gasteiger partial charge in [0.25, 0.3) is 0 Å². The van der Waals surface area contributed by atoms with Gasteiger partial charge in [-0.15, -0.1) is 0 Å². The highest BCUT2D eigenvalue weighted by molar-refractivity contribution is 5.89. The van der Waals surface area contributed by atoms with Crippen molar-refractivity contribution >= 4 is 12.1 Å². The van der Waals surface area contributed by atoms with Crippen LogP contribution in [0.15, 0.2) is 24.3 Å². The van der Waals surface area contributed by atoms with Gasteiger partial charge >= 0.3 is 12.1 Å². The molecule has 1 saturated carbocycles. The lowest BCUT2D eigenvalue weighted by molar-refractivity contribution is -0.453. The van der Waals surface area contributed by atoms with E-state index < -0.39 is 12.1 Å². The second-order valence-corrected chi connectivity index (χ2v) is 6.40. The molecular weight excluding hydrogens is 340 g/mol. The van der Waals surface area contributed by atoms with Crippen molar-refractivity contribution in [3.63, 3.8) is 0 Å². The van der Waals surface area contributed by atoms with Crippen molar-refractivity contribution in [1.29, 1.82) is 0 Å². The molecule has 144 valence electrons. The third-order valence-corrected chi connectivity index (χ3v) is 4.56. The van der Waals surface area contributed by atoms with Gasteiger partial charge in [-0.2, -0.15) is 0 Å². The molecule has 1 aliphatic rings. The molecule has 1 fully saturated rings. The summed E-state index contributed by atoms with van der Waals surface area (Å²) in [5.74, 6) is 0.524. The molecule has 1 aromatic carbocycles. The molecule has 0 radical (unpaired) electrons. The molecule has 26 heavy (non-hydrogen) atoms. The SMILES string of the molecule is CCCCC1CCC(OC(=O)OOOC(=O)c2ccc(OC)cc2)CC1. The Kier molecular flexibility index (Phi) is 8.21. The second kappa shape index (κ2) is 10.7. The highest BCUT2D eigenvalue weighted by atomic mass is 17.5. The molecule has 1 aromatic rings. The van der Waals surface area contributed by atoms with E-state index in [2.05, 4.69) is 21.7 Å². The maximum atomic E-state index is 11.7. The maximum absolute atomic E-state index is 11.7. The average molecular weight is 366 g/mol. The molecule has 0 saturated heterocycles. The number of rotatable bonds is 8. The van der Waals surface area contributed by atoms with Crippen molar-refractivity contribution in [1.82, 2.24) is 0 Å². The van der Waals surface area contributed by atoms with Gasteiger partial charge in [-0.3, -0.25) is 4.89 Å². The Morgan fingerprint density at radius 2 is 1.73 bits per heavy atom. The van der Waals surface area contributed by atoms with Crippen molar-refractivity contribution in [2.45, 2.75) is 58.0 Å². The van der Waals surface area contributed by atoms with Gasteiger partial charge in [0.05, 0.1) is 17.7 Å². The van der Waals surface area contributed by atoms with E-state index in [4.69, 9.17) is 9.47 Å². The molecule has 7 nitrogen and oxygen atoms in total. The van der Waals surface area contributed by atoms with Gasteiger partial charge in [-0.1, -0.05) is 26.2 Å². The van der Waals surface area contributed by atoms with Gasteiger partial charge in [0.1, 0.15) is 11.9 Å². The molecule has 0 aliphatic heterocycles. The van der Waals surface area contributed by atoms with Crippen LogP contribution in [-0.2, 0) is 19.6 Å². The van der Waals surface area contributed by atoms with E-state index in [1.165, 1.54) is 38.5 Å². The third kappa shape index (κ3) is 6.55. The summed E-state index contributed by atoms with van der Waals surface area (Å²) in [6.45, 7) is 2.19. The van der Waals surface area contributed by atoms with Crippen LogP contribution in [0.2, 0.25) is 0 Å². The van der Waals surface area contributed by atoms with E-state index >= 15 is 0 Å². The third-order valence-electron chi connectivity index (χ3n) is 4.56. The monoisotopic (exact) mass is 366 g/mol. The van der Waals surface area contributed by atoms with E-state index in [0.29, 0.717) is 11.7 Å². The summed E-state index contributed by atoms with van der Waals surface area (Å²) in [5, 5.41) is 4.23.